The molecule has 5 heteroatoms. The maximum atomic E-state index is 12.5. The van der Waals surface area contributed by atoms with E-state index in [1.807, 2.05) is 25.1 Å². The highest BCUT2D eigenvalue weighted by molar-refractivity contribution is 6.14. The fraction of sp³-hybridized carbons (Fsp3) is 0.200. The van der Waals surface area contributed by atoms with Crippen LogP contribution in [-0.2, 0) is 5.41 Å². The molecule has 0 radical (unpaired) electrons. The van der Waals surface area contributed by atoms with Gasteiger partial charge < -0.3 is 13.9 Å². The number of hydrogen-bond donors (Lipinski definition) is 0. The average molecular weight is 402 g/mol. The highest BCUT2D eigenvalue weighted by Crippen LogP contribution is 2.35. The minimum Gasteiger partial charge on any atom is -0.462 e. The molecule has 0 unspecified atom stereocenters. The van der Waals surface area contributed by atoms with Gasteiger partial charge in [-0.05, 0) is 54.3 Å². The Hall–Kier alpha value is -3.60. The van der Waals surface area contributed by atoms with Crippen LogP contribution < -0.4 is 9.47 Å². The Kier molecular flexibility index (Phi) is 4.82. The molecule has 3 aromatic rings. The molecular formula is C25H22O5. The maximum absolute atomic E-state index is 12.5. The number of ether oxygens (including phenoxy) is 2. The topological polar surface area (TPSA) is 65.7 Å². The number of esters is 1. The predicted molar refractivity (Wildman–Crippen MR) is 113 cm³/mol. The molecule has 0 atom stereocenters. The lowest BCUT2D eigenvalue weighted by atomic mass is 9.87. The standard InChI is InChI=1S/C25H22O5/c1-15-5-10-18(28-15)14-22-23(26)20-12-11-19(13-21(20)30-22)29-24(27)16-6-8-17(9-7-16)25(2,3)4/h5-14H,1-4H3. The van der Waals surface area contributed by atoms with E-state index in [1.165, 1.54) is 0 Å². The zero-order valence-electron chi connectivity index (χ0n) is 17.3. The molecule has 2 aromatic carbocycles. The van der Waals surface area contributed by atoms with Crippen LogP contribution in [0.3, 0.4) is 0 Å². The summed E-state index contributed by atoms with van der Waals surface area (Å²) in [5.74, 6) is 1.39. The summed E-state index contributed by atoms with van der Waals surface area (Å²) in [6.45, 7) is 8.16. The van der Waals surface area contributed by atoms with Crippen LogP contribution in [0.5, 0.6) is 11.5 Å². The van der Waals surface area contributed by atoms with Crippen molar-refractivity contribution in [3.63, 3.8) is 0 Å². The number of Topliss-reactive ketones (excluding diaryl/α,β-unsaturated/α-hetero) is 1. The molecule has 5 nitrogen and oxygen atoms in total. The van der Waals surface area contributed by atoms with Crippen LogP contribution in [0.2, 0.25) is 0 Å². The van der Waals surface area contributed by atoms with Gasteiger partial charge in [0.25, 0.3) is 0 Å². The van der Waals surface area contributed by atoms with Crippen LogP contribution >= 0.6 is 0 Å². The molecule has 4 rings (SSSR count). The Morgan fingerprint density at radius 2 is 1.73 bits per heavy atom. The van der Waals surface area contributed by atoms with E-state index in [0.717, 1.165) is 11.3 Å². The van der Waals surface area contributed by atoms with Gasteiger partial charge >= 0.3 is 5.97 Å². The zero-order chi connectivity index (χ0) is 21.5. The van der Waals surface area contributed by atoms with E-state index in [0.29, 0.717) is 28.4 Å². The molecule has 152 valence electrons. The van der Waals surface area contributed by atoms with Gasteiger partial charge in [-0.3, -0.25) is 4.79 Å². The number of ketones is 1. The van der Waals surface area contributed by atoms with Gasteiger partial charge in [-0.1, -0.05) is 32.9 Å². The molecule has 0 bridgehead atoms. The van der Waals surface area contributed by atoms with Gasteiger partial charge in [-0.2, -0.15) is 0 Å². The molecule has 1 aliphatic heterocycles. The average Bonchev–Trinajstić information content (AvgIpc) is 3.24. The third-order valence-electron chi connectivity index (χ3n) is 4.87. The van der Waals surface area contributed by atoms with Crippen LogP contribution in [0.25, 0.3) is 6.08 Å². The Morgan fingerprint density at radius 3 is 2.37 bits per heavy atom. The number of rotatable bonds is 3. The molecular weight excluding hydrogens is 380 g/mol. The van der Waals surface area contributed by atoms with Crippen molar-refractivity contribution in [2.24, 2.45) is 0 Å². The van der Waals surface area contributed by atoms with Gasteiger partial charge in [-0.25, -0.2) is 4.79 Å². The van der Waals surface area contributed by atoms with Crippen molar-refractivity contribution >= 4 is 17.8 Å². The molecule has 1 aromatic heterocycles. The monoisotopic (exact) mass is 402 g/mol. The summed E-state index contributed by atoms with van der Waals surface area (Å²) < 4.78 is 16.6. The predicted octanol–water partition coefficient (Wildman–Crippen LogP) is 5.72. The lowest BCUT2D eigenvalue weighted by Gasteiger charge is -2.18. The molecule has 1 aliphatic rings. The first-order valence-corrected chi connectivity index (χ1v) is 9.68. The SMILES string of the molecule is Cc1ccc(C=C2Oc3cc(OC(=O)c4ccc(C(C)(C)C)cc4)ccc3C2=O)o1. The molecule has 0 saturated heterocycles. The molecule has 30 heavy (non-hydrogen) atoms. The van der Waals surface area contributed by atoms with E-state index in [9.17, 15) is 9.59 Å². The minimum atomic E-state index is -0.471. The third-order valence-corrected chi connectivity index (χ3v) is 4.87. The number of furan rings is 1. The molecule has 0 aliphatic carbocycles. The first-order valence-electron chi connectivity index (χ1n) is 9.68. The lowest BCUT2D eigenvalue weighted by molar-refractivity contribution is 0.0734. The van der Waals surface area contributed by atoms with Crippen molar-refractivity contribution in [1.29, 1.82) is 0 Å². The molecule has 0 fully saturated rings. The van der Waals surface area contributed by atoms with E-state index >= 15 is 0 Å². The second kappa shape index (κ2) is 7.34. The quantitative estimate of drug-likeness (QED) is 0.318. The van der Waals surface area contributed by atoms with E-state index in [-0.39, 0.29) is 17.0 Å². The summed E-state index contributed by atoms with van der Waals surface area (Å²) in [5.41, 5.74) is 2.01. The largest absolute Gasteiger partial charge is 0.462 e. The zero-order valence-corrected chi connectivity index (χ0v) is 17.3. The summed E-state index contributed by atoms with van der Waals surface area (Å²) in [7, 11) is 0. The summed E-state index contributed by atoms with van der Waals surface area (Å²) >= 11 is 0. The van der Waals surface area contributed by atoms with Crippen molar-refractivity contribution < 1.29 is 23.5 Å². The minimum absolute atomic E-state index is 0.00582. The van der Waals surface area contributed by atoms with E-state index in [1.54, 1.807) is 42.5 Å². The van der Waals surface area contributed by atoms with Crippen molar-refractivity contribution in [3.8, 4) is 11.5 Å². The van der Waals surface area contributed by atoms with Crippen molar-refractivity contribution in [3.05, 3.63) is 88.6 Å². The van der Waals surface area contributed by atoms with Crippen molar-refractivity contribution in [1.82, 2.24) is 0 Å². The van der Waals surface area contributed by atoms with Gasteiger partial charge in [0.05, 0.1) is 11.1 Å². The number of carbonyl (C=O) groups excluding carboxylic acids is 2. The Labute approximate surface area is 174 Å². The molecule has 0 N–H and O–H groups in total. The summed E-state index contributed by atoms with van der Waals surface area (Å²) in [4.78, 5) is 25.0. The number of carbonyl (C=O) groups is 2. The van der Waals surface area contributed by atoms with Gasteiger partial charge in [0.15, 0.2) is 5.76 Å². The van der Waals surface area contributed by atoms with Gasteiger partial charge in [0.2, 0.25) is 5.78 Å². The lowest BCUT2D eigenvalue weighted by Crippen LogP contribution is -2.12. The molecule has 0 amide bonds. The van der Waals surface area contributed by atoms with E-state index in [2.05, 4.69) is 20.8 Å². The van der Waals surface area contributed by atoms with E-state index in [4.69, 9.17) is 13.9 Å². The summed E-state index contributed by atoms with van der Waals surface area (Å²) in [6.07, 6.45) is 1.55. The first-order chi connectivity index (χ1) is 14.2. The highest BCUT2D eigenvalue weighted by Gasteiger charge is 2.28. The van der Waals surface area contributed by atoms with Gasteiger partial charge in [0, 0.05) is 12.1 Å². The Balaban J connectivity index is 1.51. The fourth-order valence-corrected chi connectivity index (χ4v) is 3.16. The number of allylic oxidation sites excluding steroid dienone is 1. The Bertz CT molecular complexity index is 1160. The number of fused-ring (bicyclic) bond motifs is 1. The second-order valence-corrected chi connectivity index (χ2v) is 8.26. The first kappa shape index (κ1) is 19.7. The maximum Gasteiger partial charge on any atom is 0.343 e. The number of benzene rings is 2. The number of aryl methyl sites for hydroxylation is 1. The van der Waals surface area contributed by atoms with Crippen LogP contribution in [0, 0.1) is 6.92 Å². The molecule has 0 spiro atoms. The van der Waals surface area contributed by atoms with Crippen LogP contribution in [-0.4, -0.2) is 11.8 Å². The fourth-order valence-electron chi connectivity index (χ4n) is 3.16. The van der Waals surface area contributed by atoms with Crippen LogP contribution in [0.15, 0.2) is 64.8 Å². The van der Waals surface area contributed by atoms with Crippen molar-refractivity contribution in [2.45, 2.75) is 33.1 Å². The van der Waals surface area contributed by atoms with Gasteiger partial charge in [-0.15, -0.1) is 0 Å². The summed E-state index contributed by atoms with van der Waals surface area (Å²) in [6, 6.07) is 15.7. The number of hydrogen-bond acceptors (Lipinski definition) is 5. The second-order valence-electron chi connectivity index (χ2n) is 8.26. The normalized spacial score (nSPS) is 14.5. The highest BCUT2D eigenvalue weighted by atomic mass is 16.5. The summed E-state index contributed by atoms with van der Waals surface area (Å²) in [5, 5.41) is 0. The molecule has 2 heterocycles. The molecule has 0 saturated carbocycles. The van der Waals surface area contributed by atoms with Gasteiger partial charge in [0.1, 0.15) is 23.0 Å². The van der Waals surface area contributed by atoms with Crippen LogP contribution in [0.4, 0.5) is 0 Å². The van der Waals surface area contributed by atoms with Crippen LogP contribution in [0.1, 0.15) is 58.6 Å². The Morgan fingerprint density at radius 1 is 1.00 bits per heavy atom. The third kappa shape index (κ3) is 3.92. The smallest absolute Gasteiger partial charge is 0.343 e. The van der Waals surface area contributed by atoms with E-state index < -0.39 is 5.97 Å². The van der Waals surface area contributed by atoms with Crippen molar-refractivity contribution in [2.75, 3.05) is 0 Å².